The van der Waals surface area contributed by atoms with Crippen LogP contribution in [0.3, 0.4) is 0 Å². The molecule has 2 atom stereocenters. The van der Waals surface area contributed by atoms with Crippen molar-refractivity contribution in [1.82, 2.24) is 0 Å². The Bertz CT molecular complexity index is 778. The Kier molecular flexibility index (Phi) is 29.1. The van der Waals surface area contributed by atoms with Gasteiger partial charge in [-0.25, -0.2) is 4.79 Å². The Morgan fingerprint density at radius 3 is 1.57 bits per heavy atom. The van der Waals surface area contributed by atoms with Crippen LogP contribution in [0.15, 0.2) is 12.2 Å². The number of carboxylic acids is 1. The molecule has 270 valence electrons. The van der Waals surface area contributed by atoms with Gasteiger partial charge >= 0.3 is 17.9 Å². The summed E-state index contributed by atoms with van der Waals surface area (Å²) in [5.74, 6) is -1.48. The highest BCUT2D eigenvalue weighted by Gasteiger charge is 2.31. The van der Waals surface area contributed by atoms with E-state index in [0.717, 1.165) is 44.9 Å². The highest BCUT2D eigenvalue weighted by molar-refractivity contribution is 5.72. The Hall–Kier alpha value is -1.93. The number of carbonyl (C=O) groups excluding carboxylic acids is 2. The first-order chi connectivity index (χ1) is 22.1. The second-order valence-corrected chi connectivity index (χ2v) is 13.8. The van der Waals surface area contributed by atoms with E-state index in [4.69, 9.17) is 14.2 Å². The van der Waals surface area contributed by atoms with Gasteiger partial charge in [0.05, 0.1) is 34.4 Å². The van der Waals surface area contributed by atoms with Crippen LogP contribution < -0.4 is 0 Å². The van der Waals surface area contributed by atoms with Crippen molar-refractivity contribution in [3.8, 4) is 0 Å². The fourth-order valence-corrected chi connectivity index (χ4v) is 5.44. The smallest absolute Gasteiger partial charge is 0.362 e. The van der Waals surface area contributed by atoms with Crippen molar-refractivity contribution in [1.29, 1.82) is 0 Å². The molecule has 0 radical (unpaired) electrons. The Morgan fingerprint density at radius 1 is 0.630 bits per heavy atom. The summed E-state index contributed by atoms with van der Waals surface area (Å²) in [6, 6.07) is -0.608. The number of esters is 2. The lowest BCUT2D eigenvalue weighted by atomic mass is 10.1. The lowest BCUT2D eigenvalue weighted by molar-refractivity contribution is -0.887. The number of nitrogens with zero attached hydrogens (tertiary/aromatic N) is 1. The van der Waals surface area contributed by atoms with Crippen LogP contribution in [0.5, 0.6) is 0 Å². The van der Waals surface area contributed by atoms with Gasteiger partial charge < -0.3 is 23.8 Å². The molecule has 0 saturated heterocycles. The number of allylic oxidation sites excluding steroid dienone is 2. The third kappa shape index (κ3) is 28.3. The van der Waals surface area contributed by atoms with Crippen LogP contribution in [0, 0.1) is 0 Å². The number of likely N-dealkylation sites (N-methyl/N-ethyl adjacent to an activating group) is 1. The van der Waals surface area contributed by atoms with Crippen molar-refractivity contribution in [3.63, 3.8) is 0 Å². The number of carboxylic acid groups (broad SMARTS) is 1. The quantitative estimate of drug-likeness (QED) is 0.0326. The number of aliphatic carboxylic acids is 1. The zero-order chi connectivity index (χ0) is 34.3. The number of hydrogen-bond donors (Lipinski definition) is 1. The molecule has 0 heterocycles. The predicted octanol–water partition coefficient (Wildman–Crippen LogP) is 9.19. The third-order valence-corrected chi connectivity index (χ3v) is 8.41. The van der Waals surface area contributed by atoms with Gasteiger partial charge in [0.1, 0.15) is 6.61 Å². The van der Waals surface area contributed by atoms with Crippen LogP contribution in [-0.4, -0.2) is 80.6 Å². The van der Waals surface area contributed by atoms with Crippen LogP contribution >= 0.6 is 0 Å². The second-order valence-electron chi connectivity index (χ2n) is 13.8. The van der Waals surface area contributed by atoms with Gasteiger partial charge in [0.15, 0.2) is 12.1 Å². The molecule has 0 aromatic rings. The Morgan fingerprint density at radius 2 is 1.09 bits per heavy atom. The molecule has 8 heteroatoms. The number of quaternary nitrogens is 1. The second kappa shape index (κ2) is 30.4. The normalized spacial score (nSPS) is 13.2. The first-order valence-electron chi connectivity index (χ1n) is 18.7. The Labute approximate surface area is 282 Å². The lowest BCUT2D eigenvalue weighted by Crippen LogP contribution is -2.50. The monoisotopic (exact) mass is 655 g/mol. The van der Waals surface area contributed by atoms with Gasteiger partial charge in [0, 0.05) is 19.3 Å². The number of unbranched alkanes of at least 4 members (excludes halogenated alkanes) is 17. The molecule has 0 amide bonds. The maximum atomic E-state index is 12.6. The molecule has 0 aliphatic rings. The van der Waals surface area contributed by atoms with Gasteiger partial charge in [-0.1, -0.05) is 116 Å². The molecule has 8 nitrogen and oxygen atoms in total. The molecule has 0 aromatic heterocycles. The van der Waals surface area contributed by atoms with E-state index < -0.39 is 18.1 Å². The molecule has 0 aliphatic carbocycles. The van der Waals surface area contributed by atoms with E-state index in [-0.39, 0.29) is 36.2 Å². The van der Waals surface area contributed by atoms with Crippen molar-refractivity contribution >= 4 is 17.9 Å². The summed E-state index contributed by atoms with van der Waals surface area (Å²) in [5, 5.41) is 9.54. The van der Waals surface area contributed by atoms with Gasteiger partial charge in [-0.2, -0.15) is 0 Å². The van der Waals surface area contributed by atoms with E-state index in [1.165, 1.54) is 83.5 Å². The molecular formula is C38H72NO7+. The average molecular weight is 655 g/mol. The van der Waals surface area contributed by atoms with Crippen molar-refractivity contribution in [2.24, 2.45) is 0 Å². The standard InChI is InChI=1S/C38H71NO7/c1-6-8-10-12-13-14-15-16-17-18-19-20-21-22-23-25-27-29-37(41)46-34(33-45-36(40)28-26-24-11-9-7-2)32-44-31-30-35(38(42)43)39(3,4)5/h16-17,34-35H,6-15,18-33H2,1-5H3/p+1/b17-16-. The van der Waals surface area contributed by atoms with Crippen LogP contribution in [0.4, 0.5) is 0 Å². The van der Waals surface area contributed by atoms with E-state index in [0.29, 0.717) is 19.3 Å². The van der Waals surface area contributed by atoms with Crippen LogP contribution in [0.25, 0.3) is 0 Å². The van der Waals surface area contributed by atoms with E-state index in [2.05, 4.69) is 26.0 Å². The van der Waals surface area contributed by atoms with Crippen molar-refractivity contribution < 1.29 is 38.2 Å². The first-order valence-corrected chi connectivity index (χ1v) is 18.7. The number of carbonyl (C=O) groups is 3. The summed E-state index contributed by atoms with van der Waals surface area (Å²) < 4.78 is 17.1. The van der Waals surface area contributed by atoms with Gasteiger partial charge in [-0.15, -0.1) is 0 Å². The van der Waals surface area contributed by atoms with Crippen molar-refractivity contribution in [2.75, 3.05) is 41.0 Å². The average Bonchev–Trinajstić information content (AvgIpc) is 3.00. The molecule has 0 rings (SSSR count). The van der Waals surface area contributed by atoms with E-state index in [1.807, 2.05) is 21.1 Å². The lowest BCUT2D eigenvalue weighted by Gasteiger charge is -2.31. The molecule has 0 aliphatic heterocycles. The maximum Gasteiger partial charge on any atom is 0.362 e. The van der Waals surface area contributed by atoms with Crippen molar-refractivity contribution in [2.45, 2.75) is 174 Å². The number of rotatable bonds is 33. The van der Waals surface area contributed by atoms with Crippen molar-refractivity contribution in [3.05, 3.63) is 12.2 Å². The van der Waals surface area contributed by atoms with Gasteiger partial charge in [-0.05, 0) is 38.5 Å². The van der Waals surface area contributed by atoms with Gasteiger partial charge in [0.2, 0.25) is 0 Å². The maximum absolute atomic E-state index is 12.6. The predicted molar refractivity (Wildman–Crippen MR) is 188 cm³/mol. The molecule has 2 unspecified atom stereocenters. The molecule has 0 saturated carbocycles. The summed E-state index contributed by atoms with van der Waals surface area (Å²) in [6.07, 6.45) is 28.5. The SMILES string of the molecule is CCCCCCCC/C=C\CCCCCCCCCC(=O)OC(COCCC(C(=O)O)[N+](C)(C)C)COC(=O)CCCCCCC. The van der Waals surface area contributed by atoms with E-state index in [1.54, 1.807) is 0 Å². The van der Waals surface area contributed by atoms with Crippen LogP contribution in [-0.2, 0) is 28.6 Å². The third-order valence-electron chi connectivity index (χ3n) is 8.41. The zero-order valence-electron chi connectivity index (χ0n) is 30.5. The van der Waals surface area contributed by atoms with Crippen LogP contribution in [0.1, 0.15) is 162 Å². The summed E-state index contributed by atoms with van der Waals surface area (Å²) in [7, 11) is 5.51. The molecule has 0 bridgehead atoms. The minimum Gasteiger partial charge on any atom is -0.477 e. The topological polar surface area (TPSA) is 99.1 Å². The minimum absolute atomic E-state index is 0.0501. The minimum atomic E-state index is -0.877. The molecule has 46 heavy (non-hydrogen) atoms. The van der Waals surface area contributed by atoms with Gasteiger partial charge in [0.25, 0.3) is 0 Å². The zero-order valence-corrected chi connectivity index (χ0v) is 30.5. The first kappa shape index (κ1) is 44.1. The summed E-state index contributed by atoms with van der Waals surface area (Å²) in [5.41, 5.74) is 0. The summed E-state index contributed by atoms with van der Waals surface area (Å²) in [4.78, 5) is 36.5. The fraction of sp³-hybridized carbons (Fsp3) is 0.868. The van der Waals surface area contributed by atoms with Gasteiger partial charge in [-0.3, -0.25) is 9.59 Å². The Balaban J connectivity index is 4.27. The molecule has 0 aromatic carbocycles. The summed E-state index contributed by atoms with van der Waals surface area (Å²) >= 11 is 0. The highest BCUT2D eigenvalue weighted by atomic mass is 16.6. The molecule has 1 N–H and O–H groups in total. The van der Waals surface area contributed by atoms with E-state index >= 15 is 0 Å². The molecule has 0 spiro atoms. The number of ether oxygens (including phenoxy) is 3. The molecular weight excluding hydrogens is 582 g/mol. The summed E-state index contributed by atoms with van der Waals surface area (Å²) in [6.45, 7) is 4.64. The molecule has 0 fully saturated rings. The largest absolute Gasteiger partial charge is 0.477 e. The highest BCUT2D eigenvalue weighted by Crippen LogP contribution is 2.13. The van der Waals surface area contributed by atoms with E-state index in [9.17, 15) is 19.5 Å². The number of hydrogen-bond acceptors (Lipinski definition) is 6. The van der Waals surface area contributed by atoms with Crippen LogP contribution in [0.2, 0.25) is 0 Å². The fourth-order valence-electron chi connectivity index (χ4n) is 5.44.